The number of carbonyl (C=O) groups is 1. The van der Waals surface area contributed by atoms with E-state index in [2.05, 4.69) is 34.5 Å². The molecule has 1 aromatic heterocycles. The van der Waals surface area contributed by atoms with Crippen LogP contribution in [0.15, 0.2) is 28.8 Å². The van der Waals surface area contributed by atoms with E-state index in [4.69, 9.17) is 9.26 Å². The zero-order valence-corrected chi connectivity index (χ0v) is 18.4. The Hall–Kier alpha value is -2.41. The summed E-state index contributed by atoms with van der Waals surface area (Å²) in [4.78, 5) is 19.2. The number of rotatable bonds is 9. The largest absolute Gasteiger partial charge is 0.494 e. The molecule has 164 valence electrons. The molecule has 30 heavy (non-hydrogen) atoms. The summed E-state index contributed by atoms with van der Waals surface area (Å²) < 4.78 is 10.8. The standard InChI is InChI=1S/C23H34N4O3/c1-4-29-19-11-9-18(10-12-19)22-25-21(30-26-22)14-13-20(28)24-17-23(27(2)3)15-7-5-6-8-16-23/h9-12H,4-8,13-17H2,1-3H3,(H,24,28). The highest BCUT2D eigenvalue weighted by Crippen LogP contribution is 2.30. The smallest absolute Gasteiger partial charge is 0.227 e. The maximum absolute atomic E-state index is 12.5. The predicted molar refractivity (Wildman–Crippen MR) is 116 cm³/mol. The number of likely N-dealkylation sites (N-methyl/N-ethyl adjacent to an activating group) is 1. The summed E-state index contributed by atoms with van der Waals surface area (Å²) in [5.41, 5.74) is 0.927. The zero-order valence-electron chi connectivity index (χ0n) is 18.4. The highest BCUT2D eigenvalue weighted by molar-refractivity contribution is 5.76. The molecule has 2 aromatic rings. The molecule has 0 saturated heterocycles. The lowest BCUT2D eigenvalue weighted by Crippen LogP contribution is -2.52. The molecule has 3 rings (SSSR count). The van der Waals surface area contributed by atoms with Gasteiger partial charge in [-0.2, -0.15) is 4.98 Å². The molecule has 0 bridgehead atoms. The SMILES string of the molecule is CCOc1ccc(-c2noc(CCC(=O)NCC3(N(C)C)CCCCCC3)n2)cc1. The highest BCUT2D eigenvalue weighted by atomic mass is 16.5. The molecule has 0 atom stereocenters. The second-order valence-electron chi connectivity index (χ2n) is 8.28. The van der Waals surface area contributed by atoms with Gasteiger partial charge in [-0.3, -0.25) is 4.79 Å². The summed E-state index contributed by atoms with van der Waals surface area (Å²) in [5.74, 6) is 1.84. The van der Waals surface area contributed by atoms with Crippen LogP contribution >= 0.6 is 0 Å². The molecule has 0 radical (unpaired) electrons. The van der Waals surface area contributed by atoms with Gasteiger partial charge in [-0.05, 0) is 58.1 Å². The van der Waals surface area contributed by atoms with Crippen LogP contribution in [0.5, 0.6) is 5.75 Å². The number of benzene rings is 1. The van der Waals surface area contributed by atoms with Crippen LogP contribution in [0, 0.1) is 0 Å². The van der Waals surface area contributed by atoms with Gasteiger partial charge in [-0.25, -0.2) is 0 Å². The van der Waals surface area contributed by atoms with Gasteiger partial charge in [0.2, 0.25) is 17.6 Å². The Bertz CT molecular complexity index is 793. The normalized spacial score (nSPS) is 16.3. The third-order valence-electron chi connectivity index (χ3n) is 6.06. The highest BCUT2D eigenvalue weighted by Gasteiger charge is 2.33. The number of aryl methyl sites for hydroxylation is 1. The van der Waals surface area contributed by atoms with Crippen LogP contribution in [0.2, 0.25) is 0 Å². The Morgan fingerprint density at radius 3 is 2.50 bits per heavy atom. The van der Waals surface area contributed by atoms with Crippen molar-refractivity contribution in [3.63, 3.8) is 0 Å². The molecule has 1 saturated carbocycles. The first-order chi connectivity index (χ1) is 14.5. The van der Waals surface area contributed by atoms with Crippen molar-refractivity contribution >= 4 is 5.91 Å². The fourth-order valence-corrected chi connectivity index (χ4v) is 4.08. The van der Waals surface area contributed by atoms with Crippen molar-refractivity contribution < 1.29 is 14.1 Å². The fraction of sp³-hybridized carbons (Fsp3) is 0.609. The van der Waals surface area contributed by atoms with Crippen molar-refractivity contribution in [1.82, 2.24) is 20.4 Å². The molecule has 1 aliphatic carbocycles. The zero-order chi connectivity index (χ0) is 21.4. The second kappa shape index (κ2) is 10.6. The van der Waals surface area contributed by atoms with E-state index in [1.54, 1.807) is 0 Å². The minimum atomic E-state index is 0.0290. The van der Waals surface area contributed by atoms with Crippen molar-refractivity contribution in [3.8, 4) is 17.1 Å². The molecule has 0 spiro atoms. The number of ether oxygens (including phenoxy) is 1. The van der Waals surface area contributed by atoms with Crippen molar-refractivity contribution in [2.24, 2.45) is 0 Å². The number of hydrogen-bond acceptors (Lipinski definition) is 6. The number of carbonyl (C=O) groups excluding carboxylic acids is 1. The van der Waals surface area contributed by atoms with E-state index in [1.807, 2.05) is 31.2 Å². The van der Waals surface area contributed by atoms with Crippen LogP contribution < -0.4 is 10.1 Å². The summed E-state index contributed by atoms with van der Waals surface area (Å²) in [5, 5.41) is 7.18. The summed E-state index contributed by atoms with van der Waals surface area (Å²) in [6, 6.07) is 7.58. The summed E-state index contributed by atoms with van der Waals surface area (Å²) in [6.45, 7) is 3.27. The average Bonchev–Trinajstić information content (AvgIpc) is 3.08. The second-order valence-corrected chi connectivity index (χ2v) is 8.28. The van der Waals surface area contributed by atoms with Crippen LogP contribution in [0.25, 0.3) is 11.4 Å². The monoisotopic (exact) mass is 414 g/mol. The van der Waals surface area contributed by atoms with E-state index < -0.39 is 0 Å². The summed E-state index contributed by atoms with van der Waals surface area (Å²) in [6.07, 6.45) is 8.08. The lowest BCUT2D eigenvalue weighted by molar-refractivity contribution is -0.121. The van der Waals surface area contributed by atoms with E-state index >= 15 is 0 Å². The van der Waals surface area contributed by atoms with Crippen molar-refractivity contribution in [2.45, 2.75) is 63.8 Å². The molecule has 1 N–H and O–H groups in total. The predicted octanol–water partition coefficient (Wildman–Crippen LogP) is 3.84. The first kappa shape index (κ1) is 22.3. The lowest BCUT2D eigenvalue weighted by atomic mass is 9.88. The summed E-state index contributed by atoms with van der Waals surface area (Å²) in [7, 11) is 4.25. The topological polar surface area (TPSA) is 80.5 Å². The minimum absolute atomic E-state index is 0.0290. The maximum atomic E-state index is 12.5. The van der Waals surface area contributed by atoms with Crippen molar-refractivity contribution in [2.75, 3.05) is 27.2 Å². The number of nitrogens with one attached hydrogen (secondary N) is 1. The van der Waals surface area contributed by atoms with Gasteiger partial charge >= 0.3 is 0 Å². The number of aromatic nitrogens is 2. The molecule has 1 amide bonds. The molecule has 1 aliphatic rings. The fourth-order valence-electron chi connectivity index (χ4n) is 4.08. The van der Waals surface area contributed by atoms with E-state index in [1.165, 1.54) is 25.7 Å². The average molecular weight is 415 g/mol. The van der Waals surface area contributed by atoms with Crippen LogP contribution in [0.3, 0.4) is 0 Å². The van der Waals surface area contributed by atoms with Gasteiger partial charge < -0.3 is 19.5 Å². The Labute approximate surface area is 179 Å². The van der Waals surface area contributed by atoms with Crippen molar-refractivity contribution in [1.29, 1.82) is 0 Å². The number of amides is 1. The first-order valence-electron chi connectivity index (χ1n) is 11.0. The molecular formula is C23H34N4O3. The van der Waals surface area contributed by atoms with Crippen LogP contribution in [0.4, 0.5) is 0 Å². The van der Waals surface area contributed by atoms with E-state index in [-0.39, 0.29) is 11.4 Å². The van der Waals surface area contributed by atoms with Gasteiger partial charge in [0.15, 0.2) is 0 Å². The van der Waals surface area contributed by atoms with E-state index in [9.17, 15) is 4.79 Å². The third kappa shape index (κ3) is 5.81. The molecule has 7 heteroatoms. The molecule has 0 unspecified atom stereocenters. The maximum Gasteiger partial charge on any atom is 0.227 e. The van der Waals surface area contributed by atoms with E-state index in [0.717, 1.165) is 24.2 Å². The third-order valence-corrected chi connectivity index (χ3v) is 6.06. The van der Waals surface area contributed by atoms with Gasteiger partial charge in [0.1, 0.15) is 5.75 Å². The first-order valence-corrected chi connectivity index (χ1v) is 11.0. The molecule has 1 fully saturated rings. The minimum Gasteiger partial charge on any atom is -0.494 e. The van der Waals surface area contributed by atoms with Crippen LogP contribution in [-0.2, 0) is 11.2 Å². The van der Waals surface area contributed by atoms with Gasteiger partial charge in [-0.15, -0.1) is 0 Å². The number of hydrogen-bond donors (Lipinski definition) is 1. The molecule has 7 nitrogen and oxygen atoms in total. The van der Waals surface area contributed by atoms with Gasteiger partial charge in [-0.1, -0.05) is 30.8 Å². The Balaban J connectivity index is 1.50. The van der Waals surface area contributed by atoms with E-state index in [0.29, 0.717) is 37.7 Å². The quantitative estimate of drug-likeness (QED) is 0.628. The van der Waals surface area contributed by atoms with Crippen LogP contribution in [0.1, 0.15) is 57.8 Å². The molecular weight excluding hydrogens is 380 g/mol. The Morgan fingerprint density at radius 2 is 1.87 bits per heavy atom. The summed E-state index contributed by atoms with van der Waals surface area (Å²) >= 11 is 0. The van der Waals surface area contributed by atoms with Gasteiger partial charge in [0, 0.05) is 30.5 Å². The number of nitrogens with zero attached hydrogens (tertiary/aromatic N) is 3. The Kier molecular flexibility index (Phi) is 7.85. The van der Waals surface area contributed by atoms with Gasteiger partial charge in [0.25, 0.3) is 0 Å². The Morgan fingerprint density at radius 1 is 1.17 bits per heavy atom. The molecule has 0 aliphatic heterocycles. The van der Waals surface area contributed by atoms with Crippen molar-refractivity contribution in [3.05, 3.63) is 30.2 Å². The molecule has 1 heterocycles. The lowest BCUT2D eigenvalue weighted by Gasteiger charge is -2.39. The van der Waals surface area contributed by atoms with Gasteiger partial charge in [0.05, 0.1) is 6.61 Å². The molecule has 1 aromatic carbocycles. The van der Waals surface area contributed by atoms with Crippen LogP contribution in [-0.4, -0.2) is 53.7 Å².